The number of hydrogen-bond donors (Lipinski definition) is 1. The molecule has 1 aliphatic heterocycles. The molecule has 1 amide bonds. The third-order valence-electron chi connectivity index (χ3n) is 5.13. The number of nitrogens with zero attached hydrogens (tertiary/aromatic N) is 2. The summed E-state index contributed by atoms with van der Waals surface area (Å²) < 4.78 is 7.22. The highest BCUT2D eigenvalue weighted by molar-refractivity contribution is 6.04. The van der Waals surface area contributed by atoms with E-state index in [4.69, 9.17) is 4.74 Å². The van der Waals surface area contributed by atoms with Crippen LogP contribution in [0.5, 0.6) is 5.75 Å². The third-order valence-corrected chi connectivity index (χ3v) is 5.13. The van der Waals surface area contributed by atoms with E-state index in [0.717, 1.165) is 17.7 Å². The van der Waals surface area contributed by atoms with Gasteiger partial charge in [0, 0.05) is 24.4 Å². The molecule has 29 heavy (non-hydrogen) atoms. The van der Waals surface area contributed by atoms with Crippen LogP contribution >= 0.6 is 0 Å². The molecule has 3 aromatic rings. The number of aromatic nitrogens is 2. The molecule has 0 saturated heterocycles. The molecule has 1 unspecified atom stereocenters. The predicted octanol–water partition coefficient (Wildman–Crippen LogP) is 3.03. The van der Waals surface area contributed by atoms with Gasteiger partial charge in [0.1, 0.15) is 5.75 Å². The topological polar surface area (TPSA) is 73.2 Å². The highest BCUT2D eigenvalue weighted by Crippen LogP contribution is 2.26. The fourth-order valence-corrected chi connectivity index (χ4v) is 3.72. The summed E-state index contributed by atoms with van der Waals surface area (Å²) in [7, 11) is 0. The maximum Gasteiger partial charge on any atom is 0.274 e. The van der Waals surface area contributed by atoms with E-state index < -0.39 is 0 Å². The van der Waals surface area contributed by atoms with Gasteiger partial charge in [-0.25, -0.2) is 4.68 Å². The number of ether oxygens (including phenoxy) is 1. The fraction of sp³-hybridized carbons (Fsp3) is 0.348. The van der Waals surface area contributed by atoms with Crippen LogP contribution in [0.15, 0.2) is 53.3 Å². The first kappa shape index (κ1) is 19.2. The number of nitrogens with one attached hydrogen (secondary N) is 1. The lowest BCUT2D eigenvalue weighted by Crippen LogP contribution is -2.36. The van der Waals surface area contributed by atoms with Crippen LogP contribution < -0.4 is 15.6 Å². The Morgan fingerprint density at radius 2 is 1.90 bits per heavy atom. The average molecular weight is 391 g/mol. The lowest BCUT2D eigenvalue weighted by molar-refractivity contribution is 0.0933. The Bertz CT molecular complexity index is 1100. The molecule has 0 fully saturated rings. The number of para-hydroxylation sites is 1. The molecule has 0 radical (unpaired) electrons. The van der Waals surface area contributed by atoms with Gasteiger partial charge in [-0.05, 0) is 30.0 Å². The number of hydrogen-bond acceptors (Lipinski definition) is 4. The van der Waals surface area contributed by atoms with E-state index >= 15 is 0 Å². The van der Waals surface area contributed by atoms with Gasteiger partial charge < -0.3 is 10.1 Å². The van der Waals surface area contributed by atoms with Crippen LogP contribution in [0, 0.1) is 11.8 Å². The Morgan fingerprint density at radius 1 is 1.17 bits per heavy atom. The van der Waals surface area contributed by atoms with Gasteiger partial charge in [-0.2, -0.15) is 5.10 Å². The SMILES string of the molecule is CC(C)Cn1nc(C(=O)NCC2COc3ccccc3C2)c2ccccc2c1=O. The van der Waals surface area contributed by atoms with Gasteiger partial charge in [-0.15, -0.1) is 0 Å². The lowest BCUT2D eigenvalue weighted by Gasteiger charge is -2.25. The summed E-state index contributed by atoms with van der Waals surface area (Å²) in [4.78, 5) is 25.7. The summed E-state index contributed by atoms with van der Waals surface area (Å²) in [5.74, 6) is 1.10. The molecular weight excluding hydrogens is 366 g/mol. The Hall–Kier alpha value is -3.15. The second-order valence-corrected chi connectivity index (χ2v) is 7.97. The summed E-state index contributed by atoms with van der Waals surface area (Å²) in [6, 6.07) is 15.1. The summed E-state index contributed by atoms with van der Waals surface area (Å²) >= 11 is 0. The van der Waals surface area contributed by atoms with Crippen LogP contribution in [-0.2, 0) is 13.0 Å². The minimum absolute atomic E-state index is 0.164. The molecule has 0 bridgehead atoms. The van der Waals surface area contributed by atoms with Gasteiger partial charge in [-0.3, -0.25) is 9.59 Å². The molecule has 1 aliphatic rings. The zero-order valence-electron chi connectivity index (χ0n) is 16.7. The van der Waals surface area contributed by atoms with Gasteiger partial charge in [0.05, 0.1) is 12.0 Å². The van der Waals surface area contributed by atoms with E-state index in [2.05, 4.69) is 16.5 Å². The standard InChI is InChI=1S/C23H25N3O3/c1-15(2)13-26-23(28)19-9-5-4-8-18(19)21(25-26)22(27)24-12-16-11-17-7-3-6-10-20(17)29-14-16/h3-10,15-16H,11-14H2,1-2H3,(H,24,27). The molecular formula is C23H25N3O3. The van der Waals surface area contributed by atoms with Crippen molar-refractivity contribution in [1.82, 2.24) is 15.1 Å². The van der Waals surface area contributed by atoms with Gasteiger partial charge in [0.25, 0.3) is 11.5 Å². The number of amides is 1. The van der Waals surface area contributed by atoms with Crippen molar-refractivity contribution in [2.75, 3.05) is 13.2 Å². The number of carbonyl (C=O) groups excluding carboxylic acids is 1. The molecule has 6 nitrogen and oxygen atoms in total. The van der Waals surface area contributed by atoms with Crippen molar-refractivity contribution in [2.45, 2.75) is 26.8 Å². The summed E-state index contributed by atoms with van der Waals surface area (Å²) in [6.07, 6.45) is 0.859. The van der Waals surface area contributed by atoms with Crippen LogP contribution in [0.25, 0.3) is 10.8 Å². The zero-order valence-corrected chi connectivity index (χ0v) is 16.7. The molecule has 1 N–H and O–H groups in total. The number of carbonyl (C=O) groups is 1. The summed E-state index contributed by atoms with van der Waals surface area (Å²) in [6.45, 7) is 5.57. The molecule has 0 saturated carbocycles. The van der Waals surface area contributed by atoms with Gasteiger partial charge in [0.15, 0.2) is 5.69 Å². The maximum absolute atomic E-state index is 13.0. The quantitative estimate of drug-likeness (QED) is 0.726. The second-order valence-electron chi connectivity index (χ2n) is 7.97. The summed E-state index contributed by atoms with van der Waals surface area (Å²) in [5.41, 5.74) is 1.29. The highest BCUT2D eigenvalue weighted by Gasteiger charge is 2.22. The van der Waals surface area contributed by atoms with E-state index in [-0.39, 0.29) is 29.0 Å². The van der Waals surface area contributed by atoms with Crippen molar-refractivity contribution >= 4 is 16.7 Å². The van der Waals surface area contributed by atoms with Crippen molar-refractivity contribution < 1.29 is 9.53 Å². The Kier molecular flexibility index (Phi) is 5.34. The van der Waals surface area contributed by atoms with Crippen molar-refractivity contribution in [2.24, 2.45) is 11.8 Å². The predicted molar refractivity (Wildman–Crippen MR) is 112 cm³/mol. The monoisotopic (exact) mass is 391 g/mol. The Balaban J connectivity index is 1.55. The normalized spacial score (nSPS) is 15.8. The van der Waals surface area contributed by atoms with Gasteiger partial charge in [0.2, 0.25) is 0 Å². The van der Waals surface area contributed by atoms with Crippen molar-refractivity contribution in [3.63, 3.8) is 0 Å². The van der Waals surface area contributed by atoms with E-state index in [1.807, 2.05) is 44.2 Å². The lowest BCUT2D eigenvalue weighted by atomic mass is 9.96. The first-order chi connectivity index (χ1) is 14.0. The van der Waals surface area contributed by atoms with Gasteiger partial charge >= 0.3 is 0 Å². The molecule has 150 valence electrons. The minimum atomic E-state index is -0.266. The molecule has 6 heteroatoms. The van der Waals surface area contributed by atoms with Crippen LogP contribution in [0.4, 0.5) is 0 Å². The summed E-state index contributed by atoms with van der Waals surface area (Å²) in [5, 5.41) is 8.50. The Morgan fingerprint density at radius 3 is 2.69 bits per heavy atom. The van der Waals surface area contributed by atoms with Gasteiger partial charge in [-0.1, -0.05) is 50.2 Å². The third kappa shape index (κ3) is 4.01. The molecule has 2 aromatic carbocycles. The van der Waals surface area contributed by atoms with E-state index in [1.165, 1.54) is 4.68 Å². The molecule has 4 rings (SSSR count). The van der Waals surface area contributed by atoms with Crippen molar-refractivity contribution in [3.05, 3.63) is 70.1 Å². The highest BCUT2D eigenvalue weighted by atomic mass is 16.5. The number of benzene rings is 2. The van der Waals surface area contributed by atoms with E-state index in [1.54, 1.807) is 12.1 Å². The molecule has 1 aromatic heterocycles. The maximum atomic E-state index is 13.0. The Labute approximate surface area is 169 Å². The van der Waals surface area contributed by atoms with Crippen LogP contribution in [-0.4, -0.2) is 28.8 Å². The first-order valence-electron chi connectivity index (χ1n) is 10.0. The first-order valence-corrected chi connectivity index (χ1v) is 10.0. The molecule has 1 atom stereocenters. The van der Waals surface area contributed by atoms with E-state index in [0.29, 0.717) is 30.5 Å². The second kappa shape index (κ2) is 8.07. The zero-order chi connectivity index (χ0) is 20.4. The van der Waals surface area contributed by atoms with Crippen LogP contribution in [0.1, 0.15) is 29.9 Å². The molecule has 0 aliphatic carbocycles. The fourth-order valence-electron chi connectivity index (χ4n) is 3.72. The average Bonchev–Trinajstić information content (AvgIpc) is 2.73. The van der Waals surface area contributed by atoms with Crippen LogP contribution in [0.2, 0.25) is 0 Å². The number of rotatable bonds is 5. The van der Waals surface area contributed by atoms with Crippen molar-refractivity contribution in [3.8, 4) is 5.75 Å². The smallest absolute Gasteiger partial charge is 0.274 e. The van der Waals surface area contributed by atoms with Crippen molar-refractivity contribution in [1.29, 1.82) is 0 Å². The minimum Gasteiger partial charge on any atom is -0.493 e. The van der Waals surface area contributed by atoms with Crippen LogP contribution in [0.3, 0.4) is 0 Å². The number of fused-ring (bicyclic) bond motifs is 2. The van der Waals surface area contributed by atoms with E-state index in [9.17, 15) is 9.59 Å². The molecule has 2 heterocycles. The largest absolute Gasteiger partial charge is 0.493 e. The molecule has 0 spiro atoms.